The lowest BCUT2D eigenvalue weighted by Gasteiger charge is -2.23. The number of aliphatic carboxylic acids is 1. The molecule has 144 valence electrons. The van der Waals surface area contributed by atoms with Crippen LogP contribution in [0.5, 0.6) is 0 Å². The average molecular weight is 382 g/mol. The summed E-state index contributed by atoms with van der Waals surface area (Å²) >= 11 is 0. The number of carboxylic acids is 1. The summed E-state index contributed by atoms with van der Waals surface area (Å²) in [6.45, 7) is 2.32. The van der Waals surface area contributed by atoms with E-state index in [1.54, 1.807) is 24.3 Å². The fourth-order valence-corrected chi connectivity index (χ4v) is 4.89. The van der Waals surface area contributed by atoms with Crippen LogP contribution in [0.3, 0.4) is 0 Å². The first kappa shape index (κ1) is 20.4. The third-order valence-electron chi connectivity index (χ3n) is 4.47. The Balaban J connectivity index is 1.98. The minimum absolute atomic E-state index is 0.0539. The standard InChI is InChI=1S/C18H26N2O5S/c1-2-3-13-26(24,25)20-12-4-5-16(20)18(23)19-15-9-6-14(7-10-15)8-11-17(21)22/h6-7,9-10,16H,2-5,8,11-13H2,1H3,(H,19,23)(H,21,22). The monoisotopic (exact) mass is 382 g/mol. The number of carbonyl (C=O) groups excluding carboxylic acids is 1. The molecule has 8 heteroatoms. The van der Waals surface area contributed by atoms with Crippen molar-refractivity contribution in [2.75, 3.05) is 17.6 Å². The third kappa shape index (κ3) is 5.54. The molecule has 1 aromatic carbocycles. The first-order valence-corrected chi connectivity index (χ1v) is 10.6. The van der Waals surface area contributed by atoms with Gasteiger partial charge in [-0.05, 0) is 43.4 Å². The number of carboxylic acid groups (broad SMARTS) is 1. The Bertz CT molecular complexity index is 730. The van der Waals surface area contributed by atoms with E-state index in [1.807, 2.05) is 6.92 Å². The van der Waals surface area contributed by atoms with Crippen molar-refractivity contribution in [3.8, 4) is 0 Å². The molecule has 7 nitrogen and oxygen atoms in total. The molecule has 1 aliphatic rings. The average Bonchev–Trinajstić information content (AvgIpc) is 3.10. The van der Waals surface area contributed by atoms with Crippen LogP contribution in [-0.2, 0) is 26.0 Å². The summed E-state index contributed by atoms with van der Waals surface area (Å²) < 4.78 is 26.2. The summed E-state index contributed by atoms with van der Waals surface area (Å²) in [5.74, 6) is -1.10. The largest absolute Gasteiger partial charge is 0.481 e. The number of anilines is 1. The van der Waals surface area contributed by atoms with Crippen LogP contribution < -0.4 is 5.32 Å². The predicted octanol–water partition coefficient (Wildman–Crippen LogP) is 2.24. The summed E-state index contributed by atoms with van der Waals surface area (Å²) in [4.78, 5) is 23.1. The van der Waals surface area contributed by atoms with E-state index in [1.165, 1.54) is 4.31 Å². The fraction of sp³-hybridized carbons (Fsp3) is 0.556. The quantitative estimate of drug-likeness (QED) is 0.682. The highest BCUT2D eigenvalue weighted by atomic mass is 32.2. The van der Waals surface area contributed by atoms with Crippen molar-refractivity contribution < 1.29 is 23.1 Å². The lowest BCUT2D eigenvalue weighted by molar-refractivity contribution is -0.137. The van der Waals surface area contributed by atoms with Crippen molar-refractivity contribution >= 4 is 27.6 Å². The minimum Gasteiger partial charge on any atom is -0.481 e. The van der Waals surface area contributed by atoms with Crippen molar-refractivity contribution in [1.29, 1.82) is 0 Å². The van der Waals surface area contributed by atoms with Gasteiger partial charge in [-0.3, -0.25) is 9.59 Å². The highest BCUT2D eigenvalue weighted by Crippen LogP contribution is 2.23. The first-order chi connectivity index (χ1) is 12.3. The van der Waals surface area contributed by atoms with Crippen molar-refractivity contribution in [1.82, 2.24) is 4.31 Å². The van der Waals surface area contributed by atoms with Gasteiger partial charge in [-0.1, -0.05) is 25.5 Å². The highest BCUT2D eigenvalue weighted by Gasteiger charge is 2.38. The molecule has 0 spiro atoms. The smallest absolute Gasteiger partial charge is 0.303 e. The molecule has 2 rings (SSSR count). The summed E-state index contributed by atoms with van der Waals surface area (Å²) in [6, 6.07) is 6.29. The third-order valence-corrected chi connectivity index (χ3v) is 6.42. The molecule has 1 aromatic rings. The Morgan fingerprint density at radius 3 is 2.58 bits per heavy atom. The number of unbranched alkanes of at least 4 members (excludes halogenated alkanes) is 1. The number of amides is 1. The zero-order chi connectivity index (χ0) is 19.2. The van der Waals surface area contributed by atoms with Crippen molar-refractivity contribution in [3.63, 3.8) is 0 Å². The Labute approximate surface area is 154 Å². The molecule has 0 saturated carbocycles. The Morgan fingerprint density at radius 2 is 1.96 bits per heavy atom. The zero-order valence-electron chi connectivity index (χ0n) is 15.0. The van der Waals surface area contributed by atoms with Crippen LogP contribution in [0.2, 0.25) is 0 Å². The van der Waals surface area contributed by atoms with Gasteiger partial charge >= 0.3 is 5.97 Å². The summed E-state index contributed by atoms with van der Waals surface area (Å²) in [5.41, 5.74) is 1.45. The van der Waals surface area contributed by atoms with Crippen LogP contribution in [0.4, 0.5) is 5.69 Å². The SMILES string of the molecule is CCCCS(=O)(=O)N1CCCC1C(=O)Nc1ccc(CCC(=O)O)cc1. The van der Waals surface area contributed by atoms with Gasteiger partial charge in [0.25, 0.3) is 0 Å². The van der Waals surface area contributed by atoms with Gasteiger partial charge in [0.1, 0.15) is 6.04 Å². The molecule has 1 fully saturated rings. The van der Waals surface area contributed by atoms with Gasteiger partial charge in [0, 0.05) is 18.7 Å². The molecule has 26 heavy (non-hydrogen) atoms. The molecule has 1 saturated heterocycles. The van der Waals surface area contributed by atoms with Crippen LogP contribution in [0.15, 0.2) is 24.3 Å². The minimum atomic E-state index is -3.41. The molecular formula is C18H26N2O5S. The second-order valence-electron chi connectivity index (χ2n) is 6.52. The van der Waals surface area contributed by atoms with Gasteiger partial charge in [0.05, 0.1) is 5.75 Å². The molecule has 1 aliphatic heterocycles. The van der Waals surface area contributed by atoms with Gasteiger partial charge in [0.2, 0.25) is 15.9 Å². The Morgan fingerprint density at radius 1 is 1.27 bits per heavy atom. The van der Waals surface area contributed by atoms with Gasteiger partial charge in [0.15, 0.2) is 0 Å². The van der Waals surface area contributed by atoms with E-state index in [0.29, 0.717) is 37.9 Å². The van der Waals surface area contributed by atoms with Gasteiger partial charge in [-0.15, -0.1) is 0 Å². The van der Waals surface area contributed by atoms with Gasteiger partial charge in [-0.25, -0.2) is 8.42 Å². The van der Waals surface area contributed by atoms with E-state index in [-0.39, 0.29) is 18.1 Å². The summed E-state index contributed by atoms with van der Waals surface area (Å²) in [5, 5.41) is 11.5. The van der Waals surface area contributed by atoms with Crippen LogP contribution >= 0.6 is 0 Å². The molecular weight excluding hydrogens is 356 g/mol. The molecule has 0 bridgehead atoms. The van der Waals surface area contributed by atoms with Gasteiger partial charge < -0.3 is 10.4 Å². The number of aryl methyl sites for hydroxylation is 1. The number of carbonyl (C=O) groups is 2. The Hall–Kier alpha value is -1.93. The summed E-state index contributed by atoms with van der Waals surface area (Å²) in [7, 11) is -3.41. The maximum atomic E-state index is 12.6. The molecule has 0 aromatic heterocycles. The molecule has 1 amide bonds. The number of sulfonamides is 1. The van der Waals surface area contributed by atoms with E-state index < -0.39 is 22.0 Å². The fourth-order valence-electron chi connectivity index (χ4n) is 3.01. The second-order valence-corrected chi connectivity index (χ2v) is 8.56. The van der Waals surface area contributed by atoms with Crippen molar-refractivity contribution in [2.45, 2.75) is 51.5 Å². The van der Waals surface area contributed by atoms with Crippen molar-refractivity contribution in [3.05, 3.63) is 29.8 Å². The van der Waals surface area contributed by atoms with Crippen molar-refractivity contribution in [2.24, 2.45) is 0 Å². The molecule has 0 radical (unpaired) electrons. The first-order valence-electron chi connectivity index (χ1n) is 8.94. The normalized spacial score (nSPS) is 18.0. The van der Waals surface area contributed by atoms with E-state index in [2.05, 4.69) is 5.32 Å². The van der Waals surface area contributed by atoms with Gasteiger partial charge in [-0.2, -0.15) is 4.31 Å². The van der Waals surface area contributed by atoms with Crippen LogP contribution in [0.25, 0.3) is 0 Å². The predicted molar refractivity (Wildman–Crippen MR) is 99.5 cm³/mol. The number of nitrogens with zero attached hydrogens (tertiary/aromatic N) is 1. The molecule has 1 atom stereocenters. The van der Waals surface area contributed by atoms with E-state index in [4.69, 9.17) is 5.11 Å². The molecule has 2 N–H and O–H groups in total. The zero-order valence-corrected chi connectivity index (χ0v) is 15.8. The number of hydrogen-bond donors (Lipinski definition) is 2. The lowest BCUT2D eigenvalue weighted by atomic mass is 10.1. The molecule has 1 heterocycles. The number of benzene rings is 1. The molecule has 1 unspecified atom stereocenters. The maximum absolute atomic E-state index is 12.6. The van der Waals surface area contributed by atoms with E-state index >= 15 is 0 Å². The number of nitrogens with one attached hydrogen (secondary N) is 1. The molecule has 0 aliphatic carbocycles. The summed E-state index contributed by atoms with van der Waals surface area (Å²) in [6.07, 6.45) is 3.06. The maximum Gasteiger partial charge on any atom is 0.303 e. The van der Waals surface area contributed by atoms with Crippen LogP contribution in [-0.4, -0.2) is 48.0 Å². The van der Waals surface area contributed by atoms with E-state index in [9.17, 15) is 18.0 Å². The highest BCUT2D eigenvalue weighted by molar-refractivity contribution is 7.89. The second kappa shape index (κ2) is 9.14. The Kier molecular flexibility index (Phi) is 7.16. The van der Waals surface area contributed by atoms with E-state index in [0.717, 1.165) is 12.0 Å². The lowest BCUT2D eigenvalue weighted by Crippen LogP contribution is -2.44. The van der Waals surface area contributed by atoms with Crippen LogP contribution in [0, 0.1) is 0 Å². The van der Waals surface area contributed by atoms with Crippen LogP contribution in [0.1, 0.15) is 44.6 Å². The number of hydrogen-bond acceptors (Lipinski definition) is 4. The topological polar surface area (TPSA) is 104 Å². The number of rotatable bonds is 9.